The van der Waals surface area contributed by atoms with E-state index in [1.54, 1.807) is 4.68 Å². The van der Waals surface area contributed by atoms with Crippen molar-refractivity contribution in [3.8, 4) is 5.75 Å². The molecule has 0 saturated heterocycles. The molecule has 6 heteroatoms. The van der Waals surface area contributed by atoms with E-state index < -0.39 is 0 Å². The second-order valence-corrected chi connectivity index (χ2v) is 6.41. The number of nitrogen functional groups attached to an aromatic ring is 1. The Bertz CT molecular complexity index is 814. The molecule has 0 aliphatic heterocycles. The van der Waals surface area contributed by atoms with E-state index in [2.05, 4.69) is 38.5 Å². The molecule has 3 rings (SSSR count). The van der Waals surface area contributed by atoms with Crippen LogP contribution in [-0.2, 0) is 20.2 Å². The van der Waals surface area contributed by atoms with Gasteiger partial charge in [0.1, 0.15) is 12.4 Å². The van der Waals surface area contributed by atoms with Gasteiger partial charge in [-0.05, 0) is 35.9 Å². The summed E-state index contributed by atoms with van der Waals surface area (Å²) in [5.74, 6) is 0.758. The van der Waals surface area contributed by atoms with E-state index in [4.69, 9.17) is 10.5 Å². The fourth-order valence-corrected chi connectivity index (χ4v) is 2.54. The molecule has 5 nitrogen and oxygen atoms in total. The summed E-state index contributed by atoms with van der Waals surface area (Å²) >= 11 is 3.44. The molecule has 0 radical (unpaired) electrons. The number of anilines is 2. The van der Waals surface area contributed by atoms with Gasteiger partial charge in [0, 0.05) is 30.3 Å². The van der Waals surface area contributed by atoms with Crippen LogP contribution in [0.15, 0.2) is 59.2 Å². The van der Waals surface area contributed by atoms with Gasteiger partial charge < -0.3 is 15.8 Å². The molecule has 0 fully saturated rings. The van der Waals surface area contributed by atoms with Crippen LogP contribution in [0.5, 0.6) is 5.75 Å². The molecule has 2 aromatic carbocycles. The van der Waals surface area contributed by atoms with Crippen LogP contribution in [0.3, 0.4) is 0 Å². The van der Waals surface area contributed by atoms with Crippen LogP contribution in [0.1, 0.15) is 11.3 Å². The minimum Gasteiger partial charge on any atom is -0.487 e. The number of aromatic nitrogens is 2. The molecule has 0 aliphatic rings. The van der Waals surface area contributed by atoms with Gasteiger partial charge in [0.05, 0.1) is 17.1 Å². The van der Waals surface area contributed by atoms with Crippen molar-refractivity contribution in [1.82, 2.24) is 9.78 Å². The second-order valence-electron chi connectivity index (χ2n) is 5.50. The van der Waals surface area contributed by atoms with Gasteiger partial charge in [-0.25, -0.2) is 0 Å². The number of hydrogen-bond acceptors (Lipinski definition) is 4. The van der Waals surface area contributed by atoms with Crippen LogP contribution >= 0.6 is 15.9 Å². The predicted molar refractivity (Wildman–Crippen MR) is 99.9 cm³/mol. The van der Waals surface area contributed by atoms with Crippen LogP contribution < -0.4 is 15.8 Å². The van der Waals surface area contributed by atoms with Crippen LogP contribution in [0.2, 0.25) is 0 Å². The zero-order valence-electron chi connectivity index (χ0n) is 13.4. The quantitative estimate of drug-likeness (QED) is 0.629. The summed E-state index contributed by atoms with van der Waals surface area (Å²) in [6, 6.07) is 15.7. The Morgan fingerprint density at radius 3 is 2.67 bits per heavy atom. The third-order valence-electron chi connectivity index (χ3n) is 3.58. The number of ether oxygens (including phenoxy) is 1. The van der Waals surface area contributed by atoms with E-state index in [0.717, 1.165) is 21.6 Å². The van der Waals surface area contributed by atoms with Crippen LogP contribution in [0.25, 0.3) is 0 Å². The molecule has 1 heterocycles. The van der Waals surface area contributed by atoms with Crippen molar-refractivity contribution in [1.29, 1.82) is 0 Å². The highest BCUT2D eigenvalue weighted by molar-refractivity contribution is 9.10. The molecular formula is C18H19BrN4O. The smallest absolute Gasteiger partial charge is 0.132 e. The maximum Gasteiger partial charge on any atom is 0.132 e. The zero-order chi connectivity index (χ0) is 16.9. The minimum absolute atomic E-state index is 0.427. The van der Waals surface area contributed by atoms with Crippen molar-refractivity contribution >= 4 is 27.3 Å². The average molecular weight is 387 g/mol. The maximum absolute atomic E-state index is 6.05. The Morgan fingerprint density at radius 2 is 1.96 bits per heavy atom. The van der Waals surface area contributed by atoms with Gasteiger partial charge in [-0.3, -0.25) is 4.68 Å². The third kappa shape index (κ3) is 4.29. The number of aryl methyl sites for hydroxylation is 1. The molecular weight excluding hydrogens is 368 g/mol. The van der Waals surface area contributed by atoms with Crippen molar-refractivity contribution < 1.29 is 4.74 Å². The first-order chi connectivity index (χ1) is 11.6. The Kier molecular flexibility index (Phi) is 5.05. The normalized spacial score (nSPS) is 10.6. The monoisotopic (exact) mass is 386 g/mol. The lowest BCUT2D eigenvalue weighted by atomic mass is 10.2. The first-order valence-corrected chi connectivity index (χ1v) is 8.38. The standard InChI is InChI=1S/C18H19BrN4O/c1-23-9-8-15(22-23)12-24-16-6-7-17(20)18(10-16)21-11-13-2-4-14(19)5-3-13/h2-10,21H,11-12,20H2,1H3. The van der Waals surface area contributed by atoms with Gasteiger partial charge >= 0.3 is 0 Å². The van der Waals surface area contributed by atoms with Crippen molar-refractivity contribution in [3.05, 3.63) is 70.5 Å². The number of halogens is 1. The van der Waals surface area contributed by atoms with E-state index in [0.29, 0.717) is 18.8 Å². The van der Waals surface area contributed by atoms with Crippen LogP contribution in [0.4, 0.5) is 11.4 Å². The van der Waals surface area contributed by atoms with Gasteiger partial charge in [-0.2, -0.15) is 5.10 Å². The largest absolute Gasteiger partial charge is 0.487 e. The van der Waals surface area contributed by atoms with Crippen LogP contribution in [0, 0.1) is 0 Å². The fourth-order valence-electron chi connectivity index (χ4n) is 2.28. The average Bonchev–Trinajstić information content (AvgIpc) is 3.00. The molecule has 0 bridgehead atoms. The summed E-state index contributed by atoms with van der Waals surface area (Å²) in [5, 5.41) is 7.65. The van der Waals surface area contributed by atoms with Gasteiger partial charge in [-0.15, -0.1) is 0 Å². The Balaban J connectivity index is 1.63. The Morgan fingerprint density at radius 1 is 1.17 bits per heavy atom. The van der Waals surface area contributed by atoms with E-state index in [-0.39, 0.29) is 0 Å². The Labute approximate surface area is 149 Å². The highest BCUT2D eigenvalue weighted by Gasteiger charge is 2.04. The molecule has 1 aromatic heterocycles. The number of nitrogens with two attached hydrogens (primary N) is 1. The summed E-state index contributed by atoms with van der Waals surface area (Å²) in [5.41, 5.74) is 9.66. The van der Waals surface area contributed by atoms with E-state index in [1.807, 2.05) is 49.6 Å². The van der Waals surface area contributed by atoms with E-state index in [1.165, 1.54) is 5.56 Å². The van der Waals surface area contributed by atoms with Crippen molar-refractivity contribution in [3.63, 3.8) is 0 Å². The first-order valence-electron chi connectivity index (χ1n) is 7.59. The van der Waals surface area contributed by atoms with Gasteiger partial charge in [0.15, 0.2) is 0 Å². The Hall–Kier alpha value is -2.47. The molecule has 0 amide bonds. The lowest BCUT2D eigenvalue weighted by molar-refractivity contribution is 0.300. The summed E-state index contributed by atoms with van der Waals surface area (Å²) in [4.78, 5) is 0. The fraction of sp³-hybridized carbons (Fsp3) is 0.167. The highest BCUT2D eigenvalue weighted by Crippen LogP contribution is 2.26. The molecule has 3 aromatic rings. The molecule has 0 spiro atoms. The number of hydrogen-bond donors (Lipinski definition) is 2. The summed E-state index contributed by atoms with van der Waals surface area (Å²) in [6.45, 7) is 1.12. The molecule has 124 valence electrons. The van der Waals surface area contributed by atoms with E-state index in [9.17, 15) is 0 Å². The number of nitrogens with one attached hydrogen (secondary N) is 1. The lowest BCUT2D eigenvalue weighted by Gasteiger charge is -2.12. The number of nitrogens with zero attached hydrogens (tertiary/aromatic N) is 2. The second kappa shape index (κ2) is 7.40. The summed E-state index contributed by atoms with van der Waals surface area (Å²) < 4.78 is 8.61. The summed E-state index contributed by atoms with van der Waals surface area (Å²) in [7, 11) is 1.89. The molecule has 24 heavy (non-hydrogen) atoms. The van der Waals surface area contributed by atoms with Gasteiger partial charge in [0.25, 0.3) is 0 Å². The SMILES string of the molecule is Cn1ccc(COc2ccc(N)c(NCc3ccc(Br)cc3)c2)n1. The minimum atomic E-state index is 0.427. The van der Waals surface area contributed by atoms with Crippen molar-refractivity contribution in [2.24, 2.45) is 7.05 Å². The van der Waals surface area contributed by atoms with E-state index >= 15 is 0 Å². The predicted octanol–water partition coefficient (Wildman–Crippen LogP) is 3.96. The topological polar surface area (TPSA) is 65.1 Å². The molecule has 0 saturated carbocycles. The van der Waals surface area contributed by atoms with Crippen molar-refractivity contribution in [2.45, 2.75) is 13.2 Å². The summed E-state index contributed by atoms with van der Waals surface area (Å²) in [6.07, 6.45) is 1.90. The van der Waals surface area contributed by atoms with Crippen LogP contribution in [-0.4, -0.2) is 9.78 Å². The molecule has 0 unspecified atom stereocenters. The highest BCUT2D eigenvalue weighted by atomic mass is 79.9. The molecule has 3 N–H and O–H groups in total. The van der Waals surface area contributed by atoms with Crippen molar-refractivity contribution in [2.75, 3.05) is 11.1 Å². The third-order valence-corrected chi connectivity index (χ3v) is 4.11. The molecule has 0 atom stereocenters. The number of benzene rings is 2. The first kappa shape index (κ1) is 16.4. The molecule has 0 aliphatic carbocycles. The zero-order valence-corrected chi connectivity index (χ0v) is 15.0. The lowest BCUT2D eigenvalue weighted by Crippen LogP contribution is -2.03. The number of rotatable bonds is 6. The maximum atomic E-state index is 6.05. The van der Waals surface area contributed by atoms with Gasteiger partial charge in [0.2, 0.25) is 0 Å². The van der Waals surface area contributed by atoms with Gasteiger partial charge in [-0.1, -0.05) is 28.1 Å².